The molecule has 0 bridgehead atoms. The van der Waals surface area contributed by atoms with Gasteiger partial charge in [0.25, 0.3) is 0 Å². The second kappa shape index (κ2) is 6.13. The summed E-state index contributed by atoms with van der Waals surface area (Å²) in [5.74, 6) is 0.659. The highest BCUT2D eigenvalue weighted by Gasteiger charge is 2.14. The predicted molar refractivity (Wildman–Crippen MR) is 84.9 cm³/mol. The fraction of sp³-hybridized carbons (Fsp3) is 0.143. The number of hydrogen-bond acceptors (Lipinski definition) is 1. The van der Waals surface area contributed by atoms with Crippen molar-refractivity contribution in [1.29, 1.82) is 0 Å². The highest BCUT2D eigenvalue weighted by Crippen LogP contribution is 2.35. The molecule has 1 unspecified atom stereocenters. The summed E-state index contributed by atoms with van der Waals surface area (Å²) < 4.78 is 6.27. The van der Waals surface area contributed by atoms with Crippen LogP contribution in [0.25, 0.3) is 0 Å². The Morgan fingerprint density at radius 2 is 1.89 bits per heavy atom. The molecule has 0 aliphatic carbocycles. The topological polar surface area (TPSA) is 9.23 Å². The monoisotopic (exact) mass is 392 g/mol. The van der Waals surface area contributed by atoms with Gasteiger partial charge in [-0.05, 0) is 51.9 Å². The van der Waals surface area contributed by atoms with Gasteiger partial charge in [0, 0.05) is 3.57 Å². The second-order valence-electron chi connectivity index (χ2n) is 3.78. The molecule has 0 aliphatic rings. The maximum atomic E-state index is 6.50. The fourth-order valence-electron chi connectivity index (χ4n) is 1.70. The molecular formula is C14H11Cl2IO. The average Bonchev–Trinajstić information content (AvgIpc) is 2.38. The van der Waals surface area contributed by atoms with E-state index >= 15 is 0 Å². The summed E-state index contributed by atoms with van der Waals surface area (Å²) >= 11 is 14.9. The highest BCUT2D eigenvalue weighted by molar-refractivity contribution is 14.1. The van der Waals surface area contributed by atoms with E-state index in [1.165, 1.54) is 0 Å². The summed E-state index contributed by atoms with van der Waals surface area (Å²) in [4.78, 5) is 0. The van der Waals surface area contributed by atoms with Crippen molar-refractivity contribution in [2.75, 3.05) is 7.11 Å². The molecule has 0 radical (unpaired) electrons. The number of alkyl halides is 1. The maximum absolute atomic E-state index is 6.50. The van der Waals surface area contributed by atoms with E-state index in [9.17, 15) is 0 Å². The van der Waals surface area contributed by atoms with Gasteiger partial charge in [-0.15, -0.1) is 11.6 Å². The molecule has 0 spiro atoms. The molecule has 4 heteroatoms. The molecule has 2 rings (SSSR count). The molecule has 0 N–H and O–H groups in total. The minimum Gasteiger partial charge on any atom is -0.495 e. The van der Waals surface area contributed by atoms with E-state index in [4.69, 9.17) is 27.9 Å². The number of benzene rings is 2. The summed E-state index contributed by atoms with van der Waals surface area (Å²) in [5, 5.41) is 0.369. The van der Waals surface area contributed by atoms with Crippen LogP contribution in [0, 0.1) is 3.57 Å². The summed E-state index contributed by atoms with van der Waals surface area (Å²) in [5.41, 5.74) is 2.05. The third-order valence-electron chi connectivity index (χ3n) is 2.65. The minimum atomic E-state index is -0.207. The van der Waals surface area contributed by atoms with Crippen molar-refractivity contribution in [3.63, 3.8) is 0 Å². The van der Waals surface area contributed by atoms with Gasteiger partial charge in [0.1, 0.15) is 5.75 Å². The van der Waals surface area contributed by atoms with Crippen LogP contribution in [-0.2, 0) is 0 Å². The van der Waals surface area contributed by atoms with Gasteiger partial charge in [0.05, 0.1) is 17.5 Å². The fourth-order valence-corrected chi connectivity index (χ4v) is 3.18. The van der Waals surface area contributed by atoms with E-state index in [1.54, 1.807) is 7.11 Å². The molecule has 0 aliphatic heterocycles. The third-order valence-corrected chi connectivity index (χ3v) is 4.41. The van der Waals surface area contributed by atoms with E-state index in [0.29, 0.717) is 10.8 Å². The number of rotatable bonds is 3. The molecule has 0 amide bonds. The smallest absolute Gasteiger partial charge is 0.137 e. The standard InChI is InChI=1S/C14H11Cl2IO/c1-18-13-7-6-9(8-11(13)15)14(16)10-4-2-3-5-12(10)17/h2-8,14H,1H3. The van der Waals surface area contributed by atoms with Gasteiger partial charge in [-0.25, -0.2) is 0 Å². The lowest BCUT2D eigenvalue weighted by Crippen LogP contribution is -1.96. The minimum absolute atomic E-state index is 0.207. The number of halogens is 3. The van der Waals surface area contributed by atoms with Crippen molar-refractivity contribution in [1.82, 2.24) is 0 Å². The van der Waals surface area contributed by atoms with Crippen LogP contribution < -0.4 is 4.74 Å². The molecule has 0 heterocycles. The molecule has 18 heavy (non-hydrogen) atoms. The van der Waals surface area contributed by atoms with Crippen molar-refractivity contribution >= 4 is 45.8 Å². The van der Waals surface area contributed by atoms with E-state index in [2.05, 4.69) is 22.6 Å². The first-order chi connectivity index (χ1) is 8.63. The quantitative estimate of drug-likeness (QED) is 0.510. The van der Waals surface area contributed by atoms with Crippen molar-refractivity contribution < 1.29 is 4.74 Å². The van der Waals surface area contributed by atoms with Gasteiger partial charge in [-0.2, -0.15) is 0 Å². The van der Waals surface area contributed by atoms with E-state index in [1.807, 2.05) is 42.5 Å². The van der Waals surface area contributed by atoms with E-state index in [0.717, 1.165) is 14.7 Å². The van der Waals surface area contributed by atoms with Crippen molar-refractivity contribution in [2.24, 2.45) is 0 Å². The lowest BCUT2D eigenvalue weighted by Gasteiger charge is -2.13. The number of ether oxygens (including phenoxy) is 1. The van der Waals surface area contributed by atoms with Gasteiger partial charge in [-0.3, -0.25) is 0 Å². The normalized spacial score (nSPS) is 12.2. The summed E-state index contributed by atoms with van der Waals surface area (Å²) in [7, 11) is 1.60. The van der Waals surface area contributed by atoms with Crippen LogP contribution in [0.1, 0.15) is 16.5 Å². The molecule has 0 saturated carbocycles. The zero-order valence-corrected chi connectivity index (χ0v) is 13.3. The predicted octanol–water partition coefficient (Wildman–Crippen LogP) is 5.28. The van der Waals surface area contributed by atoms with Crippen LogP contribution in [-0.4, -0.2) is 7.11 Å². The van der Waals surface area contributed by atoms with Crippen LogP contribution in [0.4, 0.5) is 0 Å². The first-order valence-corrected chi connectivity index (χ1v) is 7.24. The summed E-state index contributed by atoms with van der Waals surface area (Å²) in [6.07, 6.45) is 0. The Labute approximate surface area is 130 Å². The Balaban J connectivity index is 2.37. The molecule has 94 valence electrons. The summed E-state index contributed by atoms with van der Waals surface area (Å²) in [6, 6.07) is 13.7. The lowest BCUT2D eigenvalue weighted by molar-refractivity contribution is 0.415. The zero-order valence-electron chi connectivity index (χ0n) is 9.66. The van der Waals surface area contributed by atoms with Gasteiger partial charge >= 0.3 is 0 Å². The van der Waals surface area contributed by atoms with Crippen LogP contribution in [0.15, 0.2) is 42.5 Å². The molecular weight excluding hydrogens is 382 g/mol. The van der Waals surface area contributed by atoms with Gasteiger partial charge in [0.2, 0.25) is 0 Å². The van der Waals surface area contributed by atoms with Crippen LogP contribution in [0.2, 0.25) is 5.02 Å². The molecule has 1 nitrogen and oxygen atoms in total. The van der Waals surface area contributed by atoms with Crippen LogP contribution in [0.5, 0.6) is 5.75 Å². The van der Waals surface area contributed by atoms with Gasteiger partial charge in [-0.1, -0.05) is 35.9 Å². The van der Waals surface area contributed by atoms with Crippen molar-refractivity contribution in [3.8, 4) is 5.75 Å². The molecule has 2 aromatic carbocycles. The molecule has 0 saturated heterocycles. The Morgan fingerprint density at radius 1 is 1.17 bits per heavy atom. The van der Waals surface area contributed by atoms with Crippen LogP contribution in [0.3, 0.4) is 0 Å². The first-order valence-electron chi connectivity index (χ1n) is 5.35. The lowest BCUT2D eigenvalue weighted by atomic mass is 10.0. The molecule has 0 fully saturated rings. The maximum Gasteiger partial charge on any atom is 0.137 e. The van der Waals surface area contributed by atoms with Crippen LogP contribution >= 0.6 is 45.8 Å². The van der Waals surface area contributed by atoms with Crippen molar-refractivity contribution in [2.45, 2.75) is 5.38 Å². The Bertz CT molecular complexity index is 557. The Hall–Kier alpha value is -0.450. The van der Waals surface area contributed by atoms with E-state index < -0.39 is 0 Å². The van der Waals surface area contributed by atoms with Gasteiger partial charge < -0.3 is 4.74 Å². The highest BCUT2D eigenvalue weighted by atomic mass is 127. The Kier molecular flexibility index (Phi) is 4.76. The molecule has 2 aromatic rings. The average molecular weight is 393 g/mol. The Morgan fingerprint density at radius 3 is 2.50 bits per heavy atom. The first kappa shape index (κ1) is 14.0. The van der Waals surface area contributed by atoms with E-state index in [-0.39, 0.29) is 5.38 Å². The SMILES string of the molecule is COc1ccc(C(Cl)c2ccccc2I)cc1Cl. The molecule has 1 atom stereocenters. The number of methoxy groups -OCH3 is 1. The second-order valence-corrected chi connectivity index (χ2v) is 5.78. The summed E-state index contributed by atoms with van der Waals surface area (Å²) in [6.45, 7) is 0. The van der Waals surface area contributed by atoms with Gasteiger partial charge in [0.15, 0.2) is 0 Å². The largest absolute Gasteiger partial charge is 0.495 e. The van der Waals surface area contributed by atoms with Crippen molar-refractivity contribution in [3.05, 3.63) is 62.2 Å². The third kappa shape index (κ3) is 2.92. The molecule has 0 aromatic heterocycles. The zero-order chi connectivity index (χ0) is 13.1. The number of hydrogen-bond donors (Lipinski definition) is 0.